The first-order valence-electron chi connectivity index (χ1n) is 14.4. The van der Waals surface area contributed by atoms with Crippen LogP contribution >= 0.6 is 11.6 Å². The number of anilines is 1. The second-order valence-corrected chi connectivity index (χ2v) is 9.49. The molecule has 1 aliphatic heterocycles. The number of likely N-dealkylation sites (tertiary alicyclic amines) is 1. The van der Waals surface area contributed by atoms with Crippen LogP contribution < -0.4 is 27.2 Å². The van der Waals surface area contributed by atoms with Crippen LogP contribution in [-0.4, -0.2) is 76.5 Å². The number of carbonyl (C=O) groups excluding carboxylic acids is 2. The number of rotatable bonds is 6. The number of halogens is 1. The number of aromatic nitrogens is 4. The summed E-state index contributed by atoms with van der Waals surface area (Å²) < 4.78 is 1.16. The highest BCUT2D eigenvalue weighted by Gasteiger charge is 2.25. The molecule has 12 nitrogen and oxygen atoms in total. The van der Waals surface area contributed by atoms with Crippen LogP contribution in [0.5, 0.6) is 0 Å². The van der Waals surface area contributed by atoms with Crippen LogP contribution in [0.15, 0.2) is 71.9 Å². The van der Waals surface area contributed by atoms with Gasteiger partial charge in [-0.1, -0.05) is 61.8 Å². The monoisotopic (exact) mass is 627 g/mol. The van der Waals surface area contributed by atoms with Gasteiger partial charge in [0.25, 0.3) is 5.56 Å². The fourth-order valence-corrected chi connectivity index (χ4v) is 4.12. The summed E-state index contributed by atoms with van der Waals surface area (Å²) in [6, 6.07) is 15.8. The van der Waals surface area contributed by atoms with Gasteiger partial charge in [0.1, 0.15) is 17.3 Å². The van der Waals surface area contributed by atoms with Gasteiger partial charge in [0.15, 0.2) is 5.82 Å². The van der Waals surface area contributed by atoms with Gasteiger partial charge >= 0.3 is 0 Å². The Labute approximate surface area is 264 Å². The van der Waals surface area contributed by atoms with Crippen LogP contribution in [0.2, 0.25) is 5.15 Å². The number of hydrogen-bond donors (Lipinski definition) is 5. The molecule has 13 heteroatoms. The summed E-state index contributed by atoms with van der Waals surface area (Å²) in [7, 11) is 5.25. The van der Waals surface area contributed by atoms with Gasteiger partial charge in [-0.2, -0.15) is 0 Å². The third kappa shape index (κ3) is 12.5. The standard InChI is InChI=1S/C20H22ClN7O3.C6H6.C2H7N.C2H6.CH5N/c1-12(29)27-5-3-15(10-27)26-19-20(31)28(16(21)9-25-19)11-17(30)23-7-13-6-14-2-4-22-18(14)24-8-13;1-2-4-6-5-3-1;1-3-2;2*1-2/h2,4,6,8-9,15H,3,5,7,10-11H2,1H3,(H,22,24)(H,23,30)(H,25,26);1-6H;3H,1-2H3;1-2H3;2H2,1H3/t15-;;;;/m0..../s1. The Morgan fingerprint density at radius 3 is 2.25 bits per heavy atom. The van der Waals surface area contributed by atoms with E-state index in [-0.39, 0.29) is 41.9 Å². The Hall–Kier alpha value is -4.26. The number of amides is 2. The second kappa shape index (κ2) is 21.4. The summed E-state index contributed by atoms with van der Waals surface area (Å²) in [6.07, 6.45) is 5.52. The summed E-state index contributed by atoms with van der Waals surface area (Å²) in [5, 5.41) is 9.61. The molecule has 0 spiro atoms. The predicted molar refractivity (Wildman–Crippen MR) is 179 cm³/mol. The van der Waals surface area contributed by atoms with Crippen molar-refractivity contribution >= 4 is 40.3 Å². The lowest BCUT2D eigenvalue weighted by Gasteiger charge is -2.16. The minimum absolute atomic E-state index is 0.00620. The van der Waals surface area contributed by atoms with E-state index in [9.17, 15) is 14.4 Å². The maximum Gasteiger partial charge on any atom is 0.294 e. The van der Waals surface area contributed by atoms with E-state index >= 15 is 0 Å². The molecule has 1 aliphatic rings. The van der Waals surface area contributed by atoms with Crippen molar-refractivity contribution in [2.75, 3.05) is 39.5 Å². The van der Waals surface area contributed by atoms with Gasteiger partial charge in [-0.15, -0.1) is 0 Å². The highest BCUT2D eigenvalue weighted by atomic mass is 35.5. The summed E-state index contributed by atoms with van der Waals surface area (Å²) in [5.41, 5.74) is 5.63. The van der Waals surface area contributed by atoms with E-state index in [0.29, 0.717) is 19.5 Å². The molecule has 1 atom stereocenters. The molecule has 1 aromatic carbocycles. The zero-order valence-corrected chi connectivity index (χ0v) is 27.2. The Morgan fingerprint density at radius 2 is 1.68 bits per heavy atom. The zero-order valence-electron chi connectivity index (χ0n) is 26.4. The third-order valence-corrected chi connectivity index (χ3v) is 6.20. The number of benzene rings is 1. The number of aromatic amines is 1. The first-order valence-corrected chi connectivity index (χ1v) is 14.8. The number of pyridine rings is 1. The first kappa shape index (κ1) is 37.8. The number of nitrogens with zero attached hydrogens (tertiary/aromatic N) is 4. The zero-order chi connectivity index (χ0) is 32.9. The van der Waals surface area contributed by atoms with Gasteiger partial charge < -0.3 is 31.6 Å². The molecule has 44 heavy (non-hydrogen) atoms. The molecule has 3 aromatic heterocycles. The third-order valence-electron chi connectivity index (χ3n) is 5.90. The van der Waals surface area contributed by atoms with Gasteiger partial charge in [-0.3, -0.25) is 19.0 Å². The summed E-state index contributed by atoms with van der Waals surface area (Å²) in [4.78, 5) is 49.8. The highest BCUT2D eigenvalue weighted by molar-refractivity contribution is 6.29. The van der Waals surface area contributed by atoms with Crippen molar-refractivity contribution in [3.05, 3.63) is 88.2 Å². The van der Waals surface area contributed by atoms with Gasteiger partial charge in [0.2, 0.25) is 11.8 Å². The molecule has 1 saturated heterocycles. The average molecular weight is 628 g/mol. The van der Waals surface area contributed by atoms with Crippen LogP contribution in [0, 0.1) is 0 Å². The smallest absolute Gasteiger partial charge is 0.294 e. The van der Waals surface area contributed by atoms with Crippen molar-refractivity contribution in [3.63, 3.8) is 0 Å². The Bertz CT molecular complexity index is 1420. The fraction of sp³-hybridized carbons (Fsp3) is 0.387. The van der Waals surface area contributed by atoms with E-state index in [0.717, 1.165) is 21.2 Å². The van der Waals surface area contributed by atoms with Crippen molar-refractivity contribution in [2.24, 2.45) is 5.73 Å². The SMILES string of the molecule is CC.CC(=O)N1CC[C@H](Nc2ncc(Cl)n(CC(=O)NCc3cnc4[nH]ccc4c3)c2=O)C1.CN.CNC.c1ccccc1. The molecule has 5 rings (SSSR count). The Morgan fingerprint density at radius 1 is 1.07 bits per heavy atom. The van der Waals surface area contributed by atoms with Crippen molar-refractivity contribution in [1.82, 2.24) is 35.1 Å². The minimum Gasteiger partial charge on any atom is -0.361 e. The number of carbonyl (C=O) groups is 2. The summed E-state index contributed by atoms with van der Waals surface area (Å²) in [6.45, 7) is 6.68. The van der Waals surface area contributed by atoms with E-state index in [1.807, 2.05) is 76.5 Å². The molecule has 240 valence electrons. The van der Waals surface area contributed by atoms with Crippen molar-refractivity contribution in [2.45, 2.75) is 46.3 Å². The number of nitrogens with two attached hydrogens (primary N) is 1. The van der Waals surface area contributed by atoms with Gasteiger partial charge in [-0.05, 0) is 45.3 Å². The maximum atomic E-state index is 12.8. The van der Waals surface area contributed by atoms with Gasteiger partial charge in [0.05, 0.1) is 6.20 Å². The van der Waals surface area contributed by atoms with E-state index in [4.69, 9.17) is 11.6 Å². The lowest BCUT2D eigenvalue weighted by Crippen LogP contribution is -2.36. The van der Waals surface area contributed by atoms with Crippen molar-refractivity contribution < 1.29 is 9.59 Å². The van der Waals surface area contributed by atoms with Crippen LogP contribution in [0.4, 0.5) is 5.82 Å². The normalized spacial score (nSPS) is 13.0. The topological polar surface area (TPSA) is 163 Å². The highest BCUT2D eigenvalue weighted by Crippen LogP contribution is 2.14. The predicted octanol–water partition coefficient (Wildman–Crippen LogP) is 3.25. The largest absolute Gasteiger partial charge is 0.361 e. The molecule has 6 N–H and O–H groups in total. The van der Waals surface area contributed by atoms with E-state index in [2.05, 4.69) is 36.6 Å². The summed E-state index contributed by atoms with van der Waals surface area (Å²) >= 11 is 6.12. The van der Waals surface area contributed by atoms with E-state index in [1.54, 1.807) is 17.3 Å². The molecule has 0 radical (unpaired) electrons. The first-order chi connectivity index (χ1) is 21.3. The molecule has 4 heterocycles. The second-order valence-electron chi connectivity index (χ2n) is 9.11. The molecular weight excluding hydrogens is 582 g/mol. The molecule has 1 fully saturated rings. The van der Waals surface area contributed by atoms with Crippen LogP contribution in [0.3, 0.4) is 0 Å². The Balaban J connectivity index is 0.000000631. The van der Waals surface area contributed by atoms with Crippen molar-refractivity contribution in [1.29, 1.82) is 0 Å². The van der Waals surface area contributed by atoms with Crippen LogP contribution in [0.25, 0.3) is 11.0 Å². The van der Waals surface area contributed by atoms with Crippen molar-refractivity contribution in [3.8, 4) is 0 Å². The van der Waals surface area contributed by atoms with Crippen LogP contribution in [-0.2, 0) is 22.7 Å². The summed E-state index contributed by atoms with van der Waals surface area (Å²) in [5.74, 6) is -0.262. The molecule has 0 unspecified atom stereocenters. The van der Waals surface area contributed by atoms with E-state index < -0.39 is 5.56 Å². The fourth-order valence-electron chi connectivity index (χ4n) is 3.94. The van der Waals surface area contributed by atoms with E-state index in [1.165, 1.54) is 20.2 Å². The lowest BCUT2D eigenvalue weighted by atomic mass is 10.2. The number of fused-ring (bicyclic) bond motifs is 1. The molecule has 4 aromatic rings. The molecule has 2 amide bonds. The Kier molecular flexibility index (Phi) is 18.4. The van der Waals surface area contributed by atoms with Crippen LogP contribution in [0.1, 0.15) is 32.8 Å². The minimum atomic E-state index is -0.487. The number of H-pyrrole nitrogens is 1. The molecular formula is C31H46ClN9O3. The van der Waals surface area contributed by atoms with Gasteiger partial charge in [0, 0.05) is 50.4 Å². The quantitative estimate of drug-likeness (QED) is 0.217. The average Bonchev–Trinajstić information content (AvgIpc) is 3.73. The van der Waals surface area contributed by atoms with Gasteiger partial charge in [-0.25, -0.2) is 9.97 Å². The number of hydrogen-bond acceptors (Lipinski definition) is 8. The molecule has 0 aliphatic carbocycles. The molecule has 0 saturated carbocycles. The lowest BCUT2D eigenvalue weighted by molar-refractivity contribution is -0.127. The molecule has 0 bridgehead atoms. The maximum absolute atomic E-state index is 12.8. The number of nitrogens with one attached hydrogen (secondary N) is 4.